The number of hydrogen-bond donors (Lipinski definition) is 0. The van der Waals surface area contributed by atoms with Crippen molar-refractivity contribution in [1.29, 1.82) is 0 Å². The van der Waals surface area contributed by atoms with E-state index < -0.39 is 5.82 Å². The first kappa shape index (κ1) is 11.5. The summed E-state index contributed by atoms with van der Waals surface area (Å²) in [5, 5.41) is 1.01. The van der Waals surface area contributed by atoms with Crippen LogP contribution in [0.3, 0.4) is 0 Å². The molecule has 3 heteroatoms. The molecule has 0 aliphatic carbocycles. The van der Waals surface area contributed by atoms with E-state index in [9.17, 15) is 9.18 Å². The zero-order valence-corrected chi connectivity index (χ0v) is 10.0. The van der Waals surface area contributed by atoms with Crippen LogP contribution < -0.4 is 0 Å². The fourth-order valence-electron chi connectivity index (χ4n) is 2.07. The molecule has 92 valence electrons. The molecular weight excluding hydrogens is 241 g/mol. The Bertz CT molecular complexity index is 768. The lowest BCUT2D eigenvalue weighted by Crippen LogP contribution is -1.89. The number of carbonyl (C=O) groups is 1. The summed E-state index contributed by atoms with van der Waals surface area (Å²) >= 11 is 0. The van der Waals surface area contributed by atoms with E-state index in [1.54, 1.807) is 18.3 Å². The molecule has 0 amide bonds. The summed E-state index contributed by atoms with van der Waals surface area (Å²) in [5.74, 6) is -0.499. The van der Waals surface area contributed by atoms with Crippen LogP contribution in [0.25, 0.3) is 22.0 Å². The van der Waals surface area contributed by atoms with E-state index in [0.717, 1.165) is 22.0 Å². The lowest BCUT2D eigenvalue weighted by Gasteiger charge is -2.05. The number of pyridine rings is 1. The smallest absolute Gasteiger partial charge is 0.153 e. The minimum absolute atomic E-state index is 0.0729. The Hall–Kier alpha value is -2.55. The lowest BCUT2D eigenvalue weighted by molar-refractivity contribution is 0.112. The van der Waals surface area contributed by atoms with Crippen LogP contribution in [-0.2, 0) is 0 Å². The van der Waals surface area contributed by atoms with Crippen molar-refractivity contribution in [3.05, 3.63) is 66.1 Å². The predicted octanol–water partition coefficient (Wildman–Crippen LogP) is 3.85. The van der Waals surface area contributed by atoms with Crippen LogP contribution in [0, 0.1) is 5.82 Å². The zero-order valence-electron chi connectivity index (χ0n) is 10.0. The minimum Gasteiger partial charge on any atom is -0.298 e. The molecule has 0 unspecified atom stereocenters. The number of fused-ring (bicyclic) bond motifs is 1. The molecule has 0 bridgehead atoms. The molecule has 19 heavy (non-hydrogen) atoms. The summed E-state index contributed by atoms with van der Waals surface area (Å²) in [5.41, 5.74) is 2.73. The average molecular weight is 251 g/mol. The van der Waals surface area contributed by atoms with Crippen molar-refractivity contribution in [1.82, 2.24) is 4.98 Å². The summed E-state index contributed by atoms with van der Waals surface area (Å²) in [4.78, 5) is 15.0. The molecule has 0 N–H and O–H groups in total. The van der Waals surface area contributed by atoms with Gasteiger partial charge in [-0.1, -0.05) is 18.2 Å². The van der Waals surface area contributed by atoms with Gasteiger partial charge in [0.05, 0.1) is 11.1 Å². The highest BCUT2D eigenvalue weighted by atomic mass is 19.1. The second-order valence-corrected chi connectivity index (χ2v) is 4.27. The molecule has 2 nitrogen and oxygen atoms in total. The van der Waals surface area contributed by atoms with Gasteiger partial charge in [0.25, 0.3) is 0 Å². The topological polar surface area (TPSA) is 30.0 Å². The van der Waals surface area contributed by atoms with Gasteiger partial charge in [-0.3, -0.25) is 9.78 Å². The van der Waals surface area contributed by atoms with Crippen LogP contribution in [-0.4, -0.2) is 11.3 Å². The molecule has 0 spiro atoms. The third-order valence-corrected chi connectivity index (χ3v) is 3.06. The van der Waals surface area contributed by atoms with Crippen LogP contribution in [0.15, 0.2) is 54.7 Å². The summed E-state index contributed by atoms with van der Waals surface area (Å²) < 4.78 is 13.3. The molecule has 3 aromatic rings. The Morgan fingerprint density at radius 2 is 1.79 bits per heavy atom. The van der Waals surface area contributed by atoms with E-state index in [0.29, 0.717) is 6.29 Å². The van der Waals surface area contributed by atoms with Gasteiger partial charge in [-0.15, -0.1) is 0 Å². The Morgan fingerprint density at radius 3 is 2.63 bits per heavy atom. The van der Waals surface area contributed by atoms with Gasteiger partial charge in [-0.25, -0.2) is 4.39 Å². The molecule has 0 radical (unpaired) electrons. The summed E-state index contributed by atoms with van der Waals surface area (Å²) in [6, 6.07) is 14.2. The maximum atomic E-state index is 13.3. The Labute approximate surface area is 109 Å². The number of halogens is 1. The third kappa shape index (κ3) is 2.10. The Kier molecular flexibility index (Phi) is 2.80. The SMILES string of the molecule is O=Cc1cc(-c2ccc3ncccc3c2)ccc1F. The lowest BCUT2D eigenvalue weighted by atomic mass is 10.0. The predicted molar refractivity (Wildman–Crippen MR) is 72.5 cm³/mol. The molecule has 3 rings (SSSR count). The third-order valence-electron chi connectivity index (χ3n) is 3.06. The van der Waals surface area contributed by atoms with Crippen LogP contribution in [0.2, 0.25) is 0 Å². The van der Waals surface area contributed by atoms with Gasteiger partial charge >= 0.3 is 0 Å². The molecule has 0 saturated carbocycles. The van der Waals surface area contributed by atoms with E-state index >= 15 is 0 Å². The van der Waals surface area contributed by atoms with Crippen molar-refractivity contribution in [3.8, 4) is 11.1 Å². The first-order valence-corrected chi connectivity index (χ1v) is 5.88. The zero-order chi connectivity index (χ0) is 13.2. The van der Waals surface area contributed by atoms with Gasteiger partial charge in [-0.2, -0.15) is 0 Å². The largest absolute Gasteiger partial charge is 0.298 e. The molecule has 1 heterocycles. The van der Waals surface area contributed by atoms with Gasteiger partial charge < -0.3 is 0 Å². The number of carbonyl (C=O) groups excluding carboxylic acids is 1. The fourth-order valence-corrected chi connectivity index (χ4v) is 2.07. The first-order valence-electron chi connectivity index (χ1n) is 5.88. The second kappa shape index (κ2) is 4.61. The molecule has 0 aliphatic rings. The molecular formula is C16H10FNO. The molecule has 0 atom stereocenters. The van der Waals surface area contributed by atoms with E-state index in [1.165, 1.54) is 6.07 Å². The van der Waals surface area contributed by atoms with Crippen LogP contribution in [0.1, 0.15) is 10.4 Å². The van der Waals surface area contributed by atoms with Crippen molar-refractivity contribution in [2.45, 2.75) is 0 Å². The quantitative estimate of drug-likeness (QED) is 0.647. The standard InChI is InChI=1S/C16H10FNO/c17-15-5-3-11(9-14(15)10-19)12-4-6-16-13(8-12)2-1-7-18-16/h1-10H. The molecule has 0 fully saturated rings. The van der Waals surface area contributed by atoms with Gasteiger partial charge in [0.1, 0.15) is 5.82 Å². The minimum atomic E-state index is -0.499. The number of aromatic nitrogens is 1. The highest BCUT2D eigenvalue weighted by Crippen LogP contribution is 2.24. The van der Waals surface area contributed by atoms with Gasteiger partial charge in [0, 0.05) is 11.6 Å². The van der Waals surface area contributed by atoms with Crippen molar-refractivity contribution in [3.63, 3.8) is 0 Å². The van der Waals surface area contributed by atoms with E-state index in [-0.39, 0.29) is 5.56 Å². The van der Waals surface area contributed by atoms with Gasteiger partial charge in [-0.05, 0) is 41.5 Å². The number of nitrogens with zero attached hydrogens (tertiary/aromatic N) is 1. The summed E-state index contributed by atoms with van der Waals surface area (Å²) in [7, 11) is 0. The number of aldehydes is 1. The Morgan fingerprint density at radius 1 is 1.00 bits per heavy atom. The van der Waals surface area contributed by atoms with Gasteiger partial charge in [0.15, 0.2) is 6.29 Å². The van der Waals surface area contributed by atoms with Crippen LogP contribution in [0.4, 0.5) is 4.39 Å². The van der Waals surface area contributed by atoms with Crippen molar-refractivity contribution in [2.24, 2.45) is 0 Å². The summed E-state index contributed by atoms with van der Waals surface area (Å²) in [6.07, 6.45) is 2.27. The van der Waals surface area contributed by atoms with Crippen molar-refractivity contribution < 1.29 is 9.18 Å². The monoisotopic (exact) mass is 251 g/mol. The molecule has 0 aliphatic heterocycles. The summed E-state index contributed by atoms with van der Waals surface area (Å²) in [6.45, 7) is 0. The average Bonchev–Trinajstić information content (AvgIpc) is 2.47. The van der Waals surface area contributed by atoms with E-state index in [2.05, 4.69) is 4.98 Å². The highest BCUT2D eigenvalue weighted by molar-refractivity contribution is 5.86. The maximum Gasteiger partial charge on any atom is 0.153 e. The second-order valence-electron chi connectivity index (χ2n) is 4.27. The number of benzene rings is 2. The molecule has 0 saturated heterocycles. The molecule has 2 aromatic carbocycles. The van der Waals surface area contributed by atoms with Crippen molar-refractivity contribution >= 4 is 17.2 Å². The molecule has 1 aromatic heterocycles. The highest BCUT2D eigenvalue weighted by Gasteiger charge is 2.05. The number of rotatable bonds is 2. The number of hydrogen-bond acceptors (Lipinski definition) is 2. The maximum absolute atomic E-state index is 13.3. The van der Waals surface area contributed by atoms with E-state index in [1.807, 2.05) is 30.3 Å². The fraction of sp³-hybridized carbons (Fsp3) is 0. The van der Waals surface area contributed by atoms with E-state index in [4.69, 9.17) is 0 Å². The van der Waals surface area contributed by atoms with Crippen LogP contribution >= 0.6 is 0 Å². The van der Waals surface area contributed by atoms with Gasteiger partial charge in [0.2, 0.25) is 0 Å². The Balaban J connectivity index is 2.16. The van der Waals surface area contributed by atoms with Crippen molar-refractivity contribution in [2.75, 3.05) is 0 Å². The van der Waals surface area contributed by atoms with Crippen LogP contribution in [0.5, 0.6) is 0 Å². The normalized spacial score (nSPS) is 10.6. The first-order chi connectivity index (χ1) is 9.28.